The van der Waals surface area contributed by atoms with Gasteiger partial charge in [-0.05, 0) is 56.2 Å². The number of halogens is 3. The molecule has 0 aliphatic rings. The fourth-order valence-corrected chi connectivity index (χ4v) is 3.10. The third-order valence-corrected chi connectivity index (χ3v) is 4.06. The summed E-state index contributed by atoms with van der Waals surface area (Å²) < 4.78 is 18.6. The molecule has 0 aliphatic carbocycles. The third kappa shape index (κ3) is 3.38. The van der Waals surface area contributed by atoms with E-state index in [1.165, 1.54) is 10.9 Å². The Labute approximate surface area is 137 Å². The van der Waals surface area contributed by atoms with Crippen LogP contribution in [-0.4, -0.2) is 16.7 Å². The molecule has 2 rings (SSSR count). The van der Waals surface area contributed by atoms with Gasteiger partial charge in [0.05, 0.1) is 20.0 Å². The van der Waals surface area contributed by atoms with E-state index in [1.54, 1.807) is 29.7 Å². The van der Waals surface area contributed by atoms with Crippen molar-refractivity contribution in [1.82, 2.24) is 9.55 Å². The lowest BCUT2D eigenvalue weighted by atomic mass is 10.2. The molecule has 20 heavy (non-hydrogen) atoms. The lowest BCUT2D eigenvalue weighted by Crippen LogP contribution is -2.23. The van der Waals surface area contributed by atoms with E-state index in [1.807, 2.05) is 24.3 Å². The molecule has 1 aromatic heterocycles. The van der Waals surface area contributed by atoms with Crippen LogP contribution in [0.4, 0.5) is 4.39 Å². The first-order chi connectivity index (χ1) is 9.52. The van der Waals surface area contributed by atoms with Crippen molar-refractivity contribution in [2.75, 3.05) is 7.11 Å². The molecule has 0 N–H and O–H groups in total. The Morgan fingerprint density at radius 2 is 2.10 bits per heavy atom. The van der Waals surface area contributed by atoms with Gasteiger partial charge in [0.25, 0.3) is 5.56 Å². The smallest absolute Gasteiger partial charge is 0.268 e. The van der Waals surface area contributed by atoms with Gasteiger partial charge in [0.2, 0.25) is 0 Å². The average Bonchev–Trinajstić information content (AvgIpc) is 2.44. The Balaban J connectivity index is 2.29. The molecule has 0 bridgehead atoms. The number of rotatable bonds is 4. The van der Waals surface area contributed by atoms with Gasteiger partial charge in [0.1, 0.15) is 15.9 Å². The number of nitrogens with zero attached hydrogens (tertiary/aromatic N) is 2. The lowest BCUT2D eigenvalue weighted by molar-refractivity contribution is 0.414. The van der Waals surface area contributed by atoms with E-state index in [0.29, 0.717) is 6.54 Å². The van der Waals surface area contributed by atoms with Crippen LogP contribution in [0.25, 0.3) is 0 Å². The van der Waals surface area contributed by atoms with Crippen molar-refractivity contribution in [1.29, 1.82) is 0 Å². The molecule has 1 heterocycles. The fraction of sp³-hybridized carbons (Fsp3) is 0.231. The second kappa shape index (κ2) is 6.66. The zero-order valence-electron chi connectivity index (χ0n) is 10.5. The normalized spacial score (nSPS) is 12.2. The van der Waals surface area contributed by atoms with Crippen LogP contribution in [0.2, 0.25) is 0 Å². The van der Waals surface area contributed by atoms with Crippen molar-refractivity contribution in [2.45, 2.75) is 10.7 Å². The summed E-state index contributed by atoms with van der Waals surface area (Å²) in [5.41, 5.74) is 0.743. The van der Waals surface area contributed by atoms with Crippen LogP contribution in [0, 0.1) is 0 Å². The first kappa shape index (κ1) is 15.4. The van der Waals surface area contributed by atoms with E-state index in [2.05, 4.69) is 20.9 Å². The van der Waals surface area contributed by atoms with Gasteiger partial charge in [-0.2, -0.15) is 0 Å². The minimum Gasteiger partial charge on any atom is -0.497 e. The number of aromatic nitrogens is 2. The van der Waals surface area contributed by atoms with E-state index in [-0.39, 0.29) is 15.7 Å². The maximum atomic E-state index is 13.2. The molecular weight excluding hydrogens is 442 g/mol. The third-order valence-electron chi connectivity index (χ3n) is 2.73. The molecule has 7 heteroatoms. The Morgan fingerprint density at radius 3 is 2.65 bits per heavy atom. The zero-order valence-corrected chi connectivity index (χ0v) is 14.3. The number of benzene rings is 1. The molecule has 0 amide bonds. The molecule has 0 spiro atoms. The van der Waals surface area contributed by atoms with Crippen molar-refractivity contribution >= 4 is 38.5 Å². The zero-order chi connectivity index (χ0) is 14.7. The Morgan fingerprint density at radius 1 is 1.45 bits per heavy atom. The molecule has 1 aromatic carbocycles. The highest BCUT2D eigenvalue weighted by Gasteiger charge is 2.15. The van der Waals surface area contributed by atoms with Crippen LogP contribution >= 0.6 is 38.5 Å². The number of hydrogen-bond acceptors (Lipinski definition) is 3. The quantitative estimate of drug-likeness (QED) is 0.527. The molecule has 4 nitrogen and oxygen atoms in total. The van der Waals surface area contributed by atoms with Gasteiger partial charge in [0.15, 0.2) is 4.18 Å². The summed E-state index contributed by atoms with van der Waals surface area (Å²) in [6.07, 6.45) is 1.36. The van der Waals surface area contributed by atoms with E-state index < -0.39 is 4.18 Å². The molecule has 1 unspecified atom stereocenters. The summed E-state index contributed by atoms with van der Waals surface area (Å²) >= 11 is 4.68. The summed E-state index contributed by atoms with van der Waals surface area (Å²) in [5.74, 6) is 0.751. The van der Waals surface area contributed by atoms with Crippen molar-refractivity contribution in [3.63, 3.8) is 0 Å². The van der Waals surface area contributed by atoms with Crippen LogP contribution < -0.4 is 10.3 Å². The molecule has 0 fully saturated rings. The van der Waals surface area contributed by atoms with E-state index in [4.69, 9.17) is 4.74 Å². The second-order valence-corrected chi connectivity index (χ2v) is 5.91. The summed E-state index contributed by atoms with van der Waals surface area (Å²) in [6.45, 7) is 0.368. The monoisotopic (exact) mass is 452 g/mol. The number of ether oxygens (including phenoxy) is 1. The highest BCUT2D eigenvalue weighted by atomic mass is 127. The largest absolute Gasteiger partial charge is 0.497 e. The van der Waals surface area contributed by atoms with Crippen LogP contribution in [0.15, 0.2) is 39.9 Å². The first-order valence-corrected chi connectivity index (χ1v) is 7.72. The molecule has 0 saturated carbocycles. The van der Waals surface area contributed by atoms with Gasteiger partial charge in [-0.3, -0.25) is 9.36 Å². The summed E-state index contributed by atoms with van der Waals surface area (Å²) in [7, 11) is 1.59. The molecular formula is C13H11BrFIN2O2. The summed E-state index contributed by atoms with van der Waals surface area (Å²) in [5, 5.41) is 0. The Kier molecular flexibility index (Phi) is 5.14. The SMILES string of the molecule is COc1ccc(Cn2cnc(C(F)I)c(Br)c2=O)cc1. The molecule has 1 atom stereocenters. The van der Waals surface area contributed by atoms with Crippen LogP contribution in [0.5, 0.6) is 5.75 Å². The van der Waals surface area contributed by atoms with Crippen molar-refractivity contribution in [3.05, 3.63) is 56.7 Å². The van der Waals surface area contributed by atoms with Gasteiger partial charge in [0, 0.05) is 0 Å². The van der Waals surface area contributed by atoms with E-state index in [9.17, 15) is 9.18 Å². The lowest BCUT2D eigenvalue weighted by Gasteiger charge is -2.09. The predicted molar refractivity (Wildman–Crippen MR) is 86.2 cm³/mol. The predicted octanol–water partition coefficient (Wildman–Crippen LogP) is 3.47. The van der Waals surface area contributed by atoms with Gasteiger partial charge in [-0.25, -0.2) is 9.37 Å². The van der Waals surface area contributed by atoms with Gasteiger partial charge in [-0.1, -0.05) is 12.1 Å². The number of methoxy groups -OCH3 is 1. The fourth-order valence-electron chi connectivity index (χ4n) is 1.67. The standard InChI is InChI=1S/C13H11BrFIN2O2/c1-20-9-4-2-8(3-5-9)6-18-7-17-11(12(15)16)10(14)13(18)19/h2-5,7,12H,6H2,1H3. The van der Waals surface area contributed by atoms with Gasteiger partial charge in [-0.15, -0.1) is 0 Å². The average molecular weight is 453 g/mol. The van der Waals surface area contributed by atoms with Crippen LogP contribution in [-0.2, 0) is 6.54 Å². The van der Waals surface area contributed by atoms with Gasteiger partial charge < -0.3 is 4.74 Å². The minimum atomic E-state index is -1.31. The second-order valence-electron chi connectivity index (χ2n) is 4.03. The Bertz CT molecular complexity index is 658. The molecule has 0 aliphatic heterocycles. The van der Waals surface area contributed by atoms with Crippen molar-refractivity contribution < 1.29 is 9.13 Å². The van der Waals surface area contributed by atoms with E-state index in [0.717, 1.165) is 11.3 Å². The van der Waals surface area contributed by atoms with E-state index >= 15 is 0 Å². The summed E-state index contributed by atoms with van der Waals surface area (Å²) in [6, 6.07) is 7.37. The highest BCUT2D eigenvalue weighted by molar-refractivity contribution is 14.1. The van der Waals surface area contributed by atoms with Crippen molar-refractivity contribution in [2.24, 2.45) is 0 Å². The maximum Gasteiger partial charge on any atom is 0.268 e. The van der Waals surface area contributed by atoms with Crippen LogP contribution in [0.1, 0.15) is 15.4 Å². The minimum absolute atomic E-state index is 0.113. The van der Waals surface area contributed by atoms with Crippen LogP contribution in [0.3, 0.4) is 0 Å². The molecule has 0 radical (unpaired) electrons. The topological polar surface area (TPSA) is 44.1 Å². The first-order valence-electron chi connectivity index (χ1n) is 5.69. The number of alkyl halides is 2. The molecule has 0 saturated heterocycles. The molecule has 2 aromatic rings. The highest BCUT2D eigenvalue weighted by Crippen LogP contribution is 2.26. The van der Waals surface area contributed by atoms with Gasteiger partial charge >= 0.3 is 0 Å². The maximum absolute atomic E-state index is 13.2. The number of hydrogen-bond donors (Lipinski definition) is 0. The molecule has 106 valence electrons. The van der Waals surface area contributed by atoms with Crippen molar-refractivity contribution in [3.8, 4) is 5.75 Å². The summed E-state index contributed by atoms with van der Waals surface area (Å²) in [4.78, 5) is 16.1. The Hall–Kier alpha value is -0.960.